The highest BCUT2D eigenvalue weighted by molar-refractivity contribution is 7.71. The van der Waals surface area contributed by atoms with E-state index in [0.717, 1.165) is 12.8 Å². The van der Waals surface area contributed by atoms with Crippen LogP contribution in [0.3, 0.4) is 0 Å². The predicted octanol–water partition coefficient (Wildman–Crippen LogP) is 3.90. The van der Waals surface area contributed by atoms with Gasteiger partial charge in [0, 0.05) is 48.4 Å². The number of rotatable bonds is 6. The summed E-state index contributed by atoms with van der Waals surface area (Å²) in [6.45, 7) is 0.809. The van der Waals surface area contributed by atoms with Gasteiger partial charge in [0.15, 0.2) is 28.0 Å². The van der Waals surface area contributed by atoms with Gasteiger partial charge in [0.05, 0.1) is 0 Å². The maximum atomic E-state index is 14.2. The highest BCUT2D eigenvalue weighted by atomic mass is 32.1. The fraction of sp³-hybridized carbons (Fsp3) is 0.474. The van der Waals surface area contributed by atoms with Crippen molar-refractivity contribution in [1.82, 2.24) is 14.9 Å². The Balaban J connectivity index is 1.50. The van der Waals surface area contributed by atoms with Crippen molar-refractivity contribution in [3.8, 4) is 0 Å². The van der Waals surface area contributed by atoms with E-state index >= 15 is 0 Å². The molecule has 1 unspecified atom stereocenters. The van der Waals surface area contributed by atoms with Crippen LogP contribution in [-0.4, -0.2) is 22.0 Å². The molecular weight excluding hydrogens is 394 g/mol. The van der Waals surface area contributed by atoms with Crippen molar-refractivity contribution in [2.75, 3.05) is 6.54 Å². The van der Waals surface area contributed by atoms with E-state index in [4.69, 9.17) is 12.2 Å². The van der Waals surface area contributed by atoms with Gasteiger partial charge in [-0.1, -0.05) is 0 Å². The van der Waals surface area contributed by atoms with Crippen molar-refractivity contribution < 1.29 is 22.4 Å². The number of halogens is 4. The van der Waals surface area contributed by atoms with Crippen LogP contribution in [0.4, 0.5) is 17.6 Å². The standard InChI is InChI=1S/C19H19F4N3OS/c20-11-6-12(21)18(23)16(17(11)22)10-5-14-13(25-19(28)26(14)8-10)3-4-15(27)24-7-9-1-2-9/h6,9-10H,1-5,7-8H2,(H,24,27)(H,25,28). The van der Waals surface area contributed by atoms with Gasteiger partial charge in [0.1, 0.15) is 0 Å². The molecule has 1 atom stereocenters. The van der Waals surface area contributed by atoms with Gasteiger partial charge in [-0.15, -0.1) is 0 Å². The Morgan fingerprint density at radius 2 is 1.89 bits per heavy atom. The predicted molar refractivity (Wildman–Crippen MR) is 96.4 cm³/mol. The fourth-order valence-corrected chi connectivity index (χ4v) is 4.06. The van der Waals surface area contributed by atoms with Crippen molar-refractivity contribution in [3.05, 3.63) is 51.1 Å². The maximum Gasteiger partial charge on any atom is 0.220 e. The average Bonchev–Trinajstić information content (AvgIpc) is 3.31. The second-order valence-corrected chi connectivity index (χ2v) is 7.88. The van der Waals surface area contributed by atoms with Crippen LogP contribution >= 0.6 is 12.2 Å². The first-order valence-electron chi connectivity index (χ1n) is 9.25. The fourth-order valence-electron chi connectivity index (χ4n) is 3.76. The molecule has 9 heteroatoms. The van der Waals surface area contributed by atoms with Crippen LogP contribution in [0.15, 0.2) is 6.07 Å². The van der Waals surface area contributed by atoms with E-state index in [1.54, 1.807) is 4.57 Å². The van der Waals surface area contributed by atoms with E-state index in [9.17, 15) is 22.4 Å². The Bertz CT molecular complexity index is 970. The van der Waals surface area contributed by atoms with Crippen molar-refractivity contribution in [2.45, 2.75) is 44.6 Å². The summed E-state index contributed by atoms with van der Waals surface area (Å²) in [6.07, 6.45) is 3.14. The molecule has 0 saturated heterocycles. The van der Waals surface area contributed by atoms with Crippen molar-refractivity contribution >= 4 is 18.1 Å². The average molecular weight is 413 g/mol. The normalized spacial score (nSPS) is 18.4. The summed E-state index contributed by atoms with van der Waals surface area (Å²) in [5.41, 5.74) is 0.837. The number of benzene rings is 1. The number of nitrogens with one attached hydrogen (secondary N) is 2. The van der Waals surface area contributed by atoms with Crippen LogP contribution in [0, 0.1) is 34.0 Å². The monoisotopic (exact) mass is 413 g/mol. The Hall–Kier alpha value is -2.16. The first kappa shape index (κ1) is 19.2. The van der Waals surface area contributed by atoms with Gasteiger partial charge in [0.2, 0.25) is 5.91 Å². The smallest absolute Gasteiger partial charge is 0.220 e. The van der Waals surface area contributed by atoms with Crippen molar-refractivity contribution in [3.63, 3.8) is 0 Å². The lowest BCUT2D eigenvalue weighted by molar-refractivity contribution is -0.121. The number of amides is 1. The minimum Gasteiger partial charge on any atom is -0.356 e. The van der Waals surface area contributed by atoms with Crippen LogP contribution in [0.2, 0.25) is 0 Å². The highest BCUT2D eigenvalue weighted by Gasteiger charge is 2.33. The summed E-state index contributed by atoms with van der Waals surface area (Å²) in [6, 6.07) is 0.210. The highest BCUT2D eigenvalue weighted by Crippen LogP contribution is 2.36. The van der Waals surface area contributed by atoms with Gasteiger partial charge in [-0.3, -0.25) is 4.79 Å². The zero-order chi connectivity index (χ0) is 20.0. The molecule has 0 spiro atoms. The summed E-state index contributed by atoms with van der Waals surface area (Å²) >= 11 is 5.26. The summed E-state index contributed by atoms with van der Waals surface area (Å²) in [7, 11) is 0. The molecule has 1 aliphatic carbocycles. The molecule has 1 aromatic heterocycles. The molecule has 4 nitrogen and oxygen atoms in total. The summed E-state index contributed by atoms with van der Waals surface area (Å²) in [5.74, 6) is -5.81. The molecule has 0 bridgehead atoms. The Morgan fingerprint density at radius 3 is 2.54 bits per heavy atom. The number of hydrogen-bond acceptors (Lipinski definition) is 2. The largest absolute Gasteiger partial charge is 0.356 e. The molecular formula is C19H19F4N3OS. The van der Waals surface area contributed by atoms with E-state index in [0.29, 0.717) is 35.0 Å². The molecule has 1 fully saturated rings. The van der Waals surface area contributed by atoms with Gasteiger partial charge >= 0.3 is 0 Å². The molecule has 2 aromatic rings. The number of aromatic nitrogens is 2. The van der Waals surface area contributed by atoms with Crippen molar-refractivity contribution in [2.24, 2.45) is 5.92 Å². The second kappa shape index (κ2) is 7.35. The number of hydrogen-bond donors (Lipinski definition) is 2. The lowest BCUT2D eigenvalue weighted by Crippen LogP contribution is -2.25. The molecule has 1 aromatic carbocycles. The number of aryl methyl sites for hydroxylation is 1. The van der Waals surface area contributed by atoms with Crippen LogP contribution in [0.25, 0.3) is 0 Å². The van der Waals surface area contributed by atoms with E-state index in [2.05, 4.69) is 10.3 Å². The van der Waals surface area contributed by atoms with Gasteiger partial charge < -0.3 is 14.9 Å². The zero-order valence-electron chi connectivity index (χ0n) is 15.0. The quantitative estimate of drug-likeness (QED) is 0.429. The number of aromatic amines is 1. The van der Waals surface area contributed by atoms with E-state index in [1.165, 1.54) is 0 Å². The molecule has 150 valence electrons. The number of carbonyl (C=O) groups is 1. The van der Waals surface area contributed by atoms with Crippen LogP contribution in [-0.2, 0) is 24.2 Å². The van der Waals surface area contributed by atoms with E-state index < -0.39 is 34.8 Å². The SMILES string of the molecule is O=C(CCc1[nH]c(=S)n2c1CC(c1c(F)c(F)cc(F)c1F)C2)NCC1CC1. The van der Waals surface area contributed by atoms with Gasteiger partial charge in [-0.25, -0.2) is 17.6 Å². The zero-order valence-corrected chi connectivity index (χ0v) is 15.8. The number of fused-ring (bicyclic) bond motifs is 1. The first-order chi connectivity index (χ1) is 13.3. The van der Waals surface area contributed by atoms with Gasteiger partial charge in [0.25, 0.3) is 0 Å². The molecule has 0 radical (unpaired) electrons. The Kier molecular flexibility index (Phi) is 5.03. The Morgan fingerprint density at radius 1 is 1.21 bits per heavy atom. The second-order valence-electron chi connectivity index (χ2n) is 7.50. The van der Waals surface area contributed by atoms with Crippen molar-refractivity contribution in [1.29, 1.82) is 0 Å². The summed E-state index contributed by atoms with van der Waals surface area (Å²) < 4.78 is 57.5. The van der Waals surface area contributed by atoms with E-state index in [-0.39, 0.29) is 31.4 Å². The molecule has 1 saturated carbocycles. The molecule has 28 heavy (non-hydrogen) atoms. The van der Waals surface area contributed by atoms with Crippen LogP contribution in [0.1, 0.15) is 42.1 Å². The number of H-pyrrole nitrogens is 1. The minimum absolute atomic E-state index is 0.0648. The molecule has 1 aliphatic heterocycles. The summed E-state index contributed by atoms with van der Waals surface area (Å²) in [5, 5.41) is 2.88. The minimum atomic E-state index is -1.41. The van der Waals surface area contributed by atoms with Gasteiger partial charge in [-0.05, 0) is 43.8 Å². The van der Waals surface area contributed by atoms with Crippen LogP contribution < -0.4 is 5.32 Å². The molecule has 1 amide bonds. The third-order valence-corrected chi connectivity index (χ3v) is 5.78. The van der Waals surface area contributed by atoms with Gasteiger partial charge in [-0.2, -0.15) is 0 Å². The topological polar surface area (TPSA) is 49.8 Å². The third-order valence-electron chi connectivity index (χ3n) is 5.46. The number of carbonyl (C=O) groups excluding carboxylic acids is 1. The lowest BCUT2D eigenvalue weighted by atomic mass is 9.94. The maximum absolute atomic E-state index is 14.2. The molecule has 4 rings (SSSR count). The molecule has 2 N–H and O–H groups in total. The molecule has 2 aliphatic rings. The first-order valence-corrected chi connectivity index (χ1v) is 9.66. The third kappa shape index (κ3) is 3.59. The Labute approximate surface area is 163 Å². The molecule has 2 heterocycles. The summed E-state index contributed by atoms with van der Waals surface area (Å²) in [4.78, 5) is 15.0. The number of nitrogens with zero attached hydrogens (tertiary/aromatic N) is 1. The van der Waals surface area contributed by atoms with Crippen LogP contribution in [0.5, 0.6) is 0 Å². The number of imidazole rings is 1. The van der Waals surface area contributed by atoms with E-state index in [1.807, 2.05) is 0 Å². The lowest BCUT2D eigenvalue weighted by Gasteiger charge is -2.13.